The Kier molecular flexibility index (Phi) is 3.33. The van der Waals surface area contributed by atoms with E-state index in [-0.39, 0.29) is 16.9 Å². The number of halogens is 2. The lowest BCUT2D eigenvalue weighted by molar-refractivity contribution is -0.536. The average molecular weight is 322 g/mol. The van der Waals surface area contributed by atoms with Crippen LogP contribution in [0.2, 0.25) is 0 Å². The number of carbonyl (C=O) groups is 1. The summed E-state index contributed by atoms with van der Waals surface area (Å²) >= 11 is 6.02. The molecule has 2 aromatic rings. The van der Waals surface area contributed by atoms with E-state index in [4.69, 9.17) is 16.3 Å². The Bertz CT molecular complexity index is 782. The Labute approximate surface area is 129 Å². The summed E-state index contributed by atoms with van der Waals surface area (Å²) in [5, 5.41) is 11.4. The van der Waals surface area contributed by atoms with Gasteiger partial charge in [-0.2, -0.15) is 0 Å². The molecule has 0 saturated heterocycles. The number of nitrogens with zero attached hydrogens (tertiary/aromatic N) is 1. The van der Waals surface area contributed by atoms with E-state index in [1.807, 2.05) is 0 Å². The minimum atomic E-state index is -2.61. The van der Waals surface area contributed by atoms with E-state index in [0.717, 1.165) is 6.07 Å². The number of hydrogen-bond donors (Lipinski definition) is 0. The van der Waals surface area contributed by atoms with E-state index < -0.39 is 27.6 Å². The number of carbonyl (C=O) groups excluding carboxylic acids is 1. The predicted molar refractivity (Wildman–Crippen MR) is 76.1 cm³/mol. The van der Waals surface area contributed by atoms with Crippen molar-refractivity contribution in [3.05, 3.63) is 75.6 Å². The van der Waals surface area contributed by atoms with E-state index in [0.29, 0.717) is 0 Å². The molecular formula is C15H9ClFNO4. The molecule has 2 aromatic carbocycles. The first-order valence-electron chi connectivity index (χ1n) is 6.34. The van der Waals surface area contributed by atoms with Crippen molar-refractivity contribution in [3.8, 4) is 5.75 Å². The van der Waals surface area contributed by atoms with Crippen LogP contribution < -0.4 is 4.74 Å². The highest BCUT2D eigenvalue weighted by Gasteiger charge is 2.62. The third-order valence-corrected chi connectivity index (χ3v) is 4.00. The number of hydrogen-bond acceptors (Lipinski definition) is 4. The standard InChI is InChI=1S/C15H9ClFNO4/c16-15(18(20)21)13(19)10-6-2-4-8-12(10)22-14(15)9-5-1-3-7-11(9)17/h1-8,14H/t14-,15+/m1/s1. The number of para-hydroxylation sites is 1. The molecule has 5 nitrogen and oxygen atoms in total. The maximum Gasteiger partial charge on any atom is 0.397 e. The number of ether oxygens (including phenoxy) is 1. The van der Waals surface area contributed by atoms with Gasteiger partial charge in [-0.05, 0) is 29.8 Å². The topological polar surface area (TPSA) is 69.4 Å². The molecule has 0 aromatic heterocycles. The van der Waals surface area contributed by atoms with Gasteiger partial charge in [0.05, 0.1) is 10.5 Å². The molecule has 0 N–H and O–H groups in total. The molecule has 0 aliphatic carbocycles. The molecule has 3 rings (SSSR count). The van der Waals surface area contributed by atoms with Crippen LogP contribution in [0.1, 0.15) is 22.0 Å². The predicted octanol–water partition coefficient (Wildman–Crippen LogP) is 3.35. The molecule has 0 saturated carbocycles. The van der Waals surface area contributed by atoms with Gasteiger partial charge in [0.1, 0.15) is 11.6 Å². The SMILES string of the molecule is O=C1c2ccccc2O[C@H](c2ccccc2F)[C@@]1(Cl)[N+](=O)[O-]. The normalized spacial score (nSPS) is 23.5. The van der Waals surface area contributed by atoms with Crippen molar-refractivity contribution in [2.45, 2.75) is 11.1 Å². The van der Waals surface area contributed by atoms with Crippen LogP contribution in [0.25, 0.3) is 0 Å². The van der Waals surface area contributed by atoms with Crippen molar-refractivity contribution in [3.63, 3.8) is 0 Å². The molecule has 1 aliphatic heterocycles. The van der Waals surface area contributed by atoms with Crippen LogP contribution in [0.4, 0.5) is 4.39 Å². The molecule has 7 heteroatoms. The third-order valence-electron chi connectivity index (χ3n) is 3.50. The summed E-state index contributed by atoms with van der Waals surface area (Å²) in [7, 11) is 0. The molecular weight excluding hydrogens is 313 g/mol. The molecule has 1 aliphatic rings. The minimum Gasteiger partial charge on any atom is -0.475 e. The lowest BCUT2D eigenvalue weighted by Gasteiger charge is -2.32. The second-order valence-corrected chi connectivity index (χ2v) is 5.35. The summed E-state index contributed by atoms with van der Waals surface area (Å²) in [5.74, 6) is -1.51. The molecule has 0 spiro atoms. The van der Waals surface area contributed by atoms with Gasteiger partial charge in [0.15, 0.2) is 0 Å². The Hall–Kier alpha value is -2.47. The first-order valence-corrected chi connectivity index (χ1v) is 6.72. The summed E-state index contributed by atoms with van der Waals surface area (Å²) in [6.45, 7) is 0. The Balaban J connectivity index is 2.23. The maximum atomic E-state index is 14.0. The van der Waals surface area contributed by atoms with Crippen LogP contribution in [-0.4, -0.2) is 15.7 Å². The largest absolute Gasteiger partial charge is 0.475 e. The fourth-order valence-corrected chi connectivity index (χ4v) is 2.67. The second-order valence-electron chi connectivity index (χ2n) is 4.78. The number of fused-ring (bicyclic) bond motifs is 1. The monoisotopic (exact) mass is 321 g/mol. The molecule has 22 heavy (non-hydrogen) atoms. The van der Waals surface area contributed by atoms with Gasteiger partial charge in [0.2, 0.25) is 6.10 Å². The fourth-order valence-electron chi connectivity index (χ4n) is 2.41. The number of rotatable bonds is 2. The van der Waals surface area contributed by atoms with Crippen LogP contribution in [0.5, 0.6) is 5.75 Å². The van der Waals surface area contributed by atoms with Gasteiger partial charge in [-0.25, -0.2) is 4.39 Å². The lowest BCUT2D eigenvalue weighted by Crippen LogP contribution is -2.51. The summed E-state index contributed by atoms with van der Waals surface area (Å²) in [4.78, 5) is 20.4. The summed E-state index contributed by atoms with van der Waals surface area (Å²) in [6.07, 6.45) is -1.56. The van der Waals surface area contributed by atoms with Crippen LogP contribution in [0, 0.1) is 15.9 Å². The summed E-state index contributed by atoms with van der Waals surface area (Å²) in [6, 6.07) is 11.4. The Morgan fingerprint density at radius 2 is 1.82 bits per heavy atom. The zero-order valence-corrected chi connectivity index (χ0v) is 11.8. The van der Waals surface area contributed by atoms with Crippen LogP contribution in [0.15, 0.2) is 48.5 Å². The quantitative estimate of drug-likeness (QED) is 0.368. The number of alkyl halides is 1. The number of ketones is 1. The van der Waals surface area contributed by atoms with E-state index in [2.05, 4.69) is 0 Å². The van der Waals surface area contributed by atoms with Crippen LogP contribution in [-0.2, 0) is 0 Å². The number of nitro groups is 1. The van der Waals surface area contributed by atoms with E-state index in [1.165, 1.54) is 30.3 Å². The van der Waals surface area contributed by atoms with E-state index in [9.17, 15) is 19.3 Å². The summed E-state index contributed by atoms with van der Waals surface area (Å²) < 4.78 is 19.5. The molecule has 2 atom stereocenters. The molecule has 0 radical (unpaired) electrons. The number of benzene rings is 2. The Morgan fingerprint density at radius 3 is 2.50 bits per heavy atom. The van der Waals surface area contributed by atoms with Gasteiger partial charge >= 0.3 is 5.00 Å². The van der Waals surface area contributed by atoms with E-state index in [1.54, 1.807) is 12.1 Å². The van der Waals surface area contributed by atoms with Gasteiger partial charge in [-0.3, -0.25) is 14.9 Å². The van der Waals surface area contributed by atoms with Crippen molar-refractivity contribution in [2.75, 3.05) is 0 Å². The molecule has 0 unspecified atom stereocenters. The van der Waals surface area contributed by atoms with Crippen LogP contribution >= 0.6 is 11.6 Å². The zero-order valence-electron chi connectivity index (χ0n) is 11.0. The van der Waals surface area contributed by atoms with Gasteiger partial charge in [0.25, 0.3) is 5.78 Å². The molecule has 0 amide bonds. The minimum absolute atomic E-state index is 0.00166. The Morgan fingerprint density at radius 1 is 1.18 bits per heavy atom. The molecule has 112 valence electrons. The third kappa shape index (κ3) is 1.95. The van der Waals surface area contributed by atoms with E-state index >= 15 is 0 Å². The van der Waals surface area contributed by atoms with Gasteiger partial charge < -0.3 is 4.74 Å². The maximum absolute atomic E-state index is 14.0. The lowest BCUT2D eigenvalue weighted by atomic mass is 9.91. The van der Waals surface area contributed by atoms with Crippen LogP contribution in [0.3, 0.4) is 0 Å². The van der Waals surface area contributed by atoms with Gasteiger partial charge in [0, 0.05) is 5.56 Å². The molecule has 1 heterocycles. The first-order chi connectivity index (χ1) is 10.5. The van der Waals surface area contributed by atoms with Crippen molar-refractivity contribution < 1.29 is 18.8 Å². The second kappa shape index (κ2) is 5.06. The highest BCUT2D eigenvalue weighted by atomic mass is 35.5. The molecule has 0 bridgehead atoms. The fraction of sp³-hybridized carbons (Fsp3) is 0.133. The summed E-state index contributed by atoms with van der Waals surface area (Å²) in [5.41, 5.74) is -0.140. The first kappa shape index (κ1) is 14.5. The number of Topliss-reactive ketones (excluding diaryl/α,β-unsaturated/α-hetero) is 1. The van der Waals surface area contributed by atoms with Crippen molar-refractivity contribution >= 4 is 17.4 Å². The highest BCUT2D eigenvalue weighted by Crippen LogP contribution is 2.45. The average Bonchev–Trinajstić information content (AvgIpc) is 2.51. The smallest absolute Gasteiger partial charge is 0.397 e. The molecule has 0 fully saturated rings. The van der Waals surface area contributed by atoms with Crippen molar-refractivity contribution in [1.82, 2.24) is 0 Å². The highest BCUT2D eigenvalue weighted by molar-refractivity contribution is 6.37. The van der Waals surface area contributed by atoms with Crippen molar-refractivity contribution in [1.29, 1.82) is 0 Å². The zero-order chi connectivity index (χ0) is 15.9. The van der Waals surface area contributed by atoms with Gasteiger partial charge in [-0.1, -0.05) is 30.3 Å². The van der Waals surface area contributed by atoms with Crippen molar-refractivity contribution in [2.24, 2.45) is 0 Å². The van der Waals surface area contributed by atoms with Gasteiger partial charge in [-0.15, -0.1) is 0 Å².